The number of aryl methyl sites for hydroxylation is 1. The maximum Gasteiger partial charge on any atom is 0.220 e. The molecule has 0 aliphatic heterocycles. The van der Waals surface area contributed by atoms with Crippen LogP contribution in [0, 0.1) is 0 Å². The van der Waals surface area contributed by atoms with Crippen LogP contribution in [0.2, 0.25) is 0 Å². The summed E-state index contributed by atoms with van der Waals surface area (Å²) in [7, 11) is 0. The number of amides is 1. The lowest BCUT2D eigenvalue weighted by molar-refractivity contribution is -0.121. The van der Waals surface area contributed by atoms with Crippen molar-refractivity contribution in [2.24, 2.45) is 0 Å². The largest absolute Gasteiger partial charge is 0.490 e. The number of unbranched alkanes of at least 4 members (excludes halogenated alkanes) is 1. The Morgan fingerprint density at radius 3 is 2.54 bits per heavy atom. The van der Waals surface area contributed by atoms with Crippen molar-refractivity contribution in [2.45, 2.75) is 84.1 Å². The Hall–Kier alpha value is -1.71. The van der Waals surface area contributed by atoms with E-state index in [1.807, 2.05) is 25.1 Å². The Labute approximate surface area is 158 Å². The van der Waals surface area contributed by atoms with Gasteiger partial charge in [-0.25, -0.2) is 0 Å². The Balaban J connectivity index is 1.85. The van der Waals surface area contributed by atoms with E-state index in [-0.39, 0.29) is 5.91 Å². The van der Waals surface area contributed by atoms with Crippen LogP contribution in [0.4, 0.5) is 0 Å². The highest BCUT2D eigenvalue weighted by atomic mass is 16.5. The van der Waals surface area contributed by atoms with Crippen LogP contribution < -0.4 is 14.8 Å². The molecule has 0 radical (unpaired) electrons. The minimum absolute atomic E-state index is 0.165. The lowest BCUT2D eigenvalue weighted by atomic mass is 10.1. The molecule has 1 aromatic carbocycles. The van der Waals surface area contributed by atoms with Crippen LogP contribution in [-0.4, -0.2) is 25.2 Å². The van der Waals surface area contributed by atoms with Crippen LogP contribution in [-0.2, 0) is 11.2 Å². The van der Waals surface area contributed by atoms with Gasteiger partial charge >= 0.3 is 0 Å². The number of ether oxygens (including phenoxy) is 2. The maximum absolute atomic E-state index is 12.3. The van der Waals surface area contributed by atoms with Gasteiger partial charge < -0.3 is 14.8 Å². The van der Waals surface area contributed by atoms with Crippen LogP contribution in [0.3, 0.4) is 0 Å². The molecule has 1 saturated carbocycles. The Bertz CT molecular complexity index is 536. The number of benzene rings is 1. The van der Waals surface area contributed by atoms with Crippen molar-refractivity contribution >= 4 is 5.91 Å². The molecule has 1 amide bonds. The van der Waals surface area contributed by atoms with Gasteiger partial charge in [0.1, 0.15) is 0 Å². The summed E-state index contributed by atoms with van der Waals surface area (Å²) in [5.41, 5.74) is 1.12. The van der Waals surface area contributed by atoms with Crippen LogP contribution in [0.5, 0.6) is 11.5 Å². The second-order valence-electron chi connectivity index (χ2n) is 7.17. The number of hydrogen-bond donors (Lipinski definition) is 1. The first-order valence-electron chi connectivity index (χ1n) is 10.4. The maximum atomic E-state index is 12.3. The van der Waals surface area contributed by atoms with Crippen molar-refractivity contribution in [3.8, 4) is 11.5 Å². The van der Waals surface area contributed by atoms with E-state index in [0.717, 1.165) is 49.2 Å². The SMILES string of the molecule is CCCCOc1ccc(CCC(=O)NC2CCCCCC2)cc1OCC. The van der Waals surface area contributed by atoms with Crippen LogP contribution in [0.25, 0.3) is 0 Å². The molecule has 1 fully saturated rings. The zero-order valence-corrected chi connectivity index (χ0v) is 16.5. The minimum atomic E-state index is 0.165. The first kappa shape index (κ1) is 20.6. The predicted molar refractivity (Wildman–Crippen MR) is 106 cm³/mol. The first-order chi connectivity index (χ1) is 12.7. The van der Waals surface area contributed by atoms with Crippen LogP contribution >= 0.6 is 0 Å². The second kappa shape index (κ2) is 11.8. The zero-order chi connectivity index (χ0) is 18.6. The summed E-state index contributed by atoms with van der Waals surface area (Å²) in [6, 6.07) is 6.41. The van der Waals surface area contributed by atoms with Gasteiger partial charge in [-0.05, 0) is 50.3 Å². The van der Waals surface area contributed by atoms with E-state index in [9.17, 15) is 4.79 Å². The van der Waals surface area contributed by atoms with Crippen molar-refractivity contribution in [2.75, 3.05) is 13.2 Å². The van der Waals surface area contributed by atoms with Crippen molar-refractivity contribution in [1.82, 2.24) is 5.32 Å². The van der Waals surface area contributed by atoms with Gasteiger partial charge in [0, 0.05) is 12.5 Å². The fourth-order valence-corrected chi connectivity index (χ4v) is 3.40. The van der Waals surface area contributed by atoms with E-state index in [0.29, 0.717) is 25.7 Å². The van der Waals surface area contributed by atoms with Crippen LogP contribution in [0.15, 0.2) is 18.2 Å². The average molecular weight is 362 g/mol. The van der Waals surface area contributed by atoms with Crippen LogP contribution in [0.1, 0.15) is 77.2 Å². The molecule has 1 aromatic rings. The Morgan fingerprint density at radius 2 is 1.85 bits per heavy atom. The van der Waals surface area contributed by atoms with Gasteiger partial charge in [0.2, 0.25) is 5.91 Å². The normalized spacial score (nSPS) is 15.3. The van der Waals surface area contributed by atoms with Gasteiger partial charge in [0.15, 0.2) is 11.5 Å². The van der Waals surface area contributed by atoms with Gasteiger partial charge in [-0.15, -0.1) is 0 Å². The molecule has 4 nitrogen and oxygen atoms in total. The number of nitrogens with one attached hydrogen (secondary N) is 1. The molecule has 0 spiro atoms. The van der Waals surface area contributed by atoms with Gasteiger partial charge in [-0.1, -0.05) is 45.1 Å². The molecule has 0 unspecified atom stereocenters. The second-order valence-corrected chi connectivity index (χ2v) is 7.17. The van der Waals surface area contributed by atoms with Crippen molar-refractivity contribution in [3.63, 3.8) is 0 Å². The lowest BCUT2D eigenvalue weighted by Gasteiger charge is -2.16. The summed E-state index contributed by atoms with van der Waals surface area (Å²) in [4.78, 5) is 12.3. The topological polar surface area (TPSA) is 47.6 Å². The minimum Gasteiger partial charge on any atom is -0.490 e. The van der Waals surface area contributed by atoms with Crippen molar-refractivity contribution < 1.29 is 14.3 Å². The molecular formula is C22H35NO3. The van der Waals surface area contributed by atoms with Gasteiger partial charge in [-0.3, -0.25) is 4.79 Å². The standard InChI is InChI=1S/C22H35NO3/c1-3-5-16-26-20-14-12-18(17-21(20)25-4-2)13-15-22(24)23-19-10-8-6-7-9-11-19/h12,14,17,19H,3-11,13,15-16H2,1-2H3,(H,23,24). The molecule has 0 atom stereocenters. The summed E-state index contributed by atoms with van der Waals surface area (Å²) in [6.45, 7) is 5.44. The fraction of sp³-hybridized carbons (Fsp3) is 0.682. The van der Waals surface area contributed by atoms with E-state index in [4.69, 9.17) is 9.47 Å². The number of carbonyl (C=O) groups excluding carboxylic acids is 1. The zero-order valence-electron chi connectivity index (χ0n) is 16.5. The van der Waals surface area contributed by atoms with E-state index in [1.54, 1.807) is 0 Å². The summed E-state index contributed by atoms with van der Waals surface area (Å²) in [5, 5.41) is 3.22. The highest BCUT2D eigenvalue weighted by Gasteiger charge is 2.15. The molecule has 4 heteroatoms. The molecule has 0 aromatic heterocycles. The third kappa shape index (κ3) is 7.27. The monoisotopic (exact) mass is 361 g/mol. The lowest BCUT2D eigenvalue weighted by Crippen LogP contribution is -2.34. The molecule has 146 valence electrons. The molecular weight excluding hydrogens is 326 g/mol. The Morgan fingerprint density at radius 1 is 1.08 bits per heavy atom. The number of carbonyl (C=O) groups is 1. The third-order valence-electron chi connectivity index (χ3n) is 4.92. The summed E-state index contributed by atoms with van der Waals surface area (Å²) >= 11 is 0. The first-order valence-corrected chi connectivity index (χ1v) is 10.4. The van der Waals surface area contributed by atoms with E-state index in [1.165, 1.54) is 25.7 Å². The molecule has 1 N–H and O–H groups in total. The van der Waals surface area contributed by atoms with E-state index in [2.05, 4.69) is 12.2 Å². The Kier molecular flexibility index (Phi) is 9.36. The average Bonchev–Trinajstić information content (AvgIpc) is 2.90. The van der Waals surface area contributed by atoms with E-state index >= 15 is 0 Å². The smallest absolute Gasteiger partial charge is 0.220 e. The highest BCUT2D eigenvalue weighted by Crippen LogP contribution is 2.29. The highest BCUT2D eigenvalue weighted by molar-refractivity contribution is 5.76. The molecule has 0 saturated heterocycles. The molecule has 1 aliphatic carbocycles. The summed E-state index contributed by atoms with van der Waals surface area (Å²) in [5.74, 6) is 1.75. The summed E-state index contributed by atoms with van der Waals surface area (Å²) < 4.78 is 11.5. The molecule has 0 bridgehead atoms. The van der Waals surface area contributed by atoms with Gasteiger partial charge in [-0.2, -0.15) is 0 Å². The third-order valence-corrected chi connectivity index (χ3v) is 4.92. The quantitative estimate of drug-likeness (QED) is 0.469. The van der Waals surface area contributed by atoms with Gasteiger partial charge in [0.05, 0.1) is 13.2 Å². The fourth-order valence-electron chi connectivity index (χ4n) is 3.40. The van der Waals surface area contributed by atoms with Gasteiger partial charge in [0.25, 0.3) is 0 Å². The van der Waals surface area contributed by atoms with Crippen molar-refractivity contribution in [1.29, 1.82) is 0 Å². The molecule has 26 heavy (non-hydrogen) atoms. The summed E-state index contributed by atoms with van der Waals surface area (Å²) in [6.07, 6.45) is 10.7. The predicted octanol–water partition coefficient (Wildman–Crippen LogP) is 5.04. The number of rotatable bonds is 10. The molecule has 0 heterocycles. The molecule has 1 aliphatic rings. The number of hydrogen-bond acceptors (Lipinski definition) is 3. The molecule has 2 rings (SSSR count). The van der Waals surface area contributed by atoms with Crippen molar-refractivity contribution in [3.05, 3.63) is 23.8 Å². The van der Waals surface area contributed by atoms with E-state index < -0.39 is 0 Å².